The Morgan fingerprint density at radius 3 is 2.06 bits per heavy atom. The first-order chi connectivity index (χ1) is 15.7. The standard InChI is InChI=1S/C26H28N2O4/c1-27-25(29)13-8-16-28-26(30)23-17-22(31-18-20-9-4-2-5-10-20)14-15-24(23)32-19-21-11-6-3-7-12-21/h2-7,9-12,14-15,17H,8,13,16,18-19H2,1H3,(H,27,29)(H,28,30). The van der Waals surface area contributed by atoms with Crippen LogP contribution in [0.15, 0.2) is 78.9 Å². The molecule has 0 aliphatic rings. The molecule has 2 N–H and O–H groups in total. The maximum absolute atomic E-state index is 12.9. The van der Waals surface area contributed by atoms with Crippen molar-refractivity contribution in [3.05, 3.63) is 95.6 Å². The summed E-state index contributed by atoms with van der Waals surface area (Å²) in [5.74, 6) is 0.735. The van der Waals surface area contributed by atoms with E-state index in [0.717, 1.165) is 11.1 Å². The fraction of sp³-hybridized carbons (Fsp3) is 0.231. The van der Waals surface area contributed by atoms with Crippen LogP contribution in [0.5, 0.6) is 11.5 Å². The van der Waals surface area contributed by atoms with Crippen LogP contribution in [0.3, 0.4) is 0 Å². The molecule has 6 nitrogen and oxygen atoms in total. The summed E-state index contributed by atoms with van der Waals surface area (Å²) in [6.45, 7) is 1.14. The third-order valence-electron chi connectivity index (χ3n) is 4.83. The molecule has 166 valence electrons. The highest BCUT2D eigenvalue weighted by Crippen LogP contribution is 2.26. The first kappa shape index (κ1) is 22.9. The van der Waals surface area contributed by atoms with Crippen molar-refractivity contribution in [1.82, 2.24) is 10.6 Å². The van der Waals surface area contributed by atoms with E-state index >= 15 is 0 Å². The van der Waals surface area contributed by atoms with Crippen LogP contribution in [-0.2, 0) is 18.0 Å². The fourth-order valence-electron chi connectivity index (χ4n) is 3.05. The Labute approximate surface area is 188 Å². The predicted octanol–water partition coefficient (Wildman–Crippen LogP) is 4.10. The van der Waals surface area contributed by atoms with Gasteiger partial charge in [-0.1, -0.05) is 60.7 Å². The number of ether oxygens (including phenoxy) is 2. The Morgan fingerprint density at radius 1 is 0.812 bits per heavy atom. The third-order valence-corrected chi connectivity index (χ3v) is 4.83. The van der Waals surface area contributed by atoms with E-state index in [1.54, 1.807) is 25.2 Å². The molecular weight excluding hydrogens is 404 g/mol. The van der Waals surface area contributed by atoms with Crippen LogP contribution in [0, 0.1) is 0 Å². The van der Waals surface area contributed by atoms with Crippen molar-refractivity contribution in [2.75, 3.05) is 13.6 Å². The monoisotopic (exact) mass is 432 g/mol. The number of rotatable bonds is 11. The SMILES string of the molecule is CNC(=O)CCCNC(=O)c1cc(OCc2ccccc2)ccc1OCc1ccccc1. The molecule has 6 heteroatoms. The molecule has 3 aromatic carbocycles. The Kier molecular flexibility index (Phi) is 8.69. The minimum Gasteiger partial charge on any atom is -0.489 e. The minimum atomic E-state index is -0.268. The van der Waals surface area contributed by atoms with E-state index in [1.807, 2.05) is 60.7 Å². The summed E-state index contributed by atoms with van der Waals surface area (Å²) < 4.78 is 11.8. The van der Waals surface area contributed by atoms with Gasteiger partial charge in [-0.05, 0) is 35.7 Å². The van der Waals surface area contributed by atoms with Gasteiger partial charge in [0.2, 0.25) is 5.91 Å². The first-order valence-corrected chi connectivity index (χ1v) is 10.6. The largest absolute Gasteiger partial charge is 0.489 e. The highest BCUT2D eigenvalue weighted by atomic mass is 16.5. The van der Waals surface area contributed by atoms with Crippen molar-refractivity contribution in [2.45, 2.75) is 26.1 Å². The van der Waals surface area contributed by atoms with Crippen LogP contribution in [0.4, 0.5) is 0 Å². The summed E-state index contributed by atoms with van der Waals surface area (Å²) >= 11 is 0. The lowest BCUT2D eigenvalue weighted by Gasteiger charge is -2.14. The molecule has 0 fully saturated rings. The Hall–Kier alpha value is -3.80. The molecule has 32 heavy (non-hydrogen) atoms. The Morgan fingerprint density at radius 2 is 1.44 bits per heavy atom. The molecule has 3 aromatic rings. The average molecular weight is 433 g/mol. The van der Waals surface area contributed by atoms with Crippen LogP contribution < -0.4 is 20.1 Å². The van der Waals surface area contributed by atoms with Crippen molar-refractivity contribution in [3.8, 4) is 11.5 Å². The highest BCUT2D eigenvalue weighted by Gasteiger charge is 2.15. The van der Waals surface area contributed by atoms with Gasteiger partial charge in [0.05, 0.1) is 5.56 Å². The third kappa shape index (κ3) is 7.16. The molecule has 0 aromatic heterocycles. The molecule has 0 saturated carbocycles. The normalized spacial score (nSPS) is 10.3. The Balaban J connectivity index is 1.69. The van der Waals surface area contributed by atoms with Crippen molar-refractivity contribution in [3.63, 3.8) is 0 Å². The second kappa shape index (κ2) is 12.2. The number of carbonyl (C=O) groups is 2. The van der Waals surface area contributed by atoms with Gasteiger partial charge in [-0.25, -0.2) is 0 Å². The number of hydrogen-bond acceptors (Lipinski definition) is 4. The van der Waals surface area contributed by atoms with Gasteiger partial charge in [-0.15, -0.1) is 0 Å². The van der Waals surface area contributed by atoms with E-state index in [4.69, 9.17) is 9.47 Å². The lowest BCUT2D eigenvalue weighted by Crippen LogP contribution is -2.26. The molecule has 0 radical (unpaired) electrons. The van der Waals surface area contributed by atoms with E-state index in [1.165, 1.54) is 0 Å². The Bertz CT molecular complexity index is 1010. The second-order valence-corrected chi connectivity index (χ2v) is 7.24. The lowest BCUT2D eigenvalue weighted by atomic mass is 10.1. The van der Waals surface area contributed by atoms with Gasteiger partial charge in [0.1, 0.15) is 24.7 Å². The zero-order chi connectivity index (χ0) is 22.6. The number of amides is 2. The van der Waals surface area contributed by atoms with E-state index in [0.29, 0.717) is 49.7 Å². The van der Waals surface area contributed by atoms with Crippen molar-refractivity contribution in [2.24, 2.45) is 0 Å². The van der Waals surface area contributed by atoms with E-state index in [2.05, 4.69) is 10.6 Å². The highest BCUT2D eigenvalue weighted by molar-refractivity contribution is 5.97. The summed E-state index contributed by atoms with van der Waals surface area (Å²) in [6, 6.07) is 24.8. The molecule has 0 unspecified atom stereocenters. The molecule has 0 heterocycles. The molecule has 2 amide bonds. The summed E-state index contributed by atoms with van der Waals surface area (Å²) in [7, 11) is 1.60. The van der Waals surface area contributed by atoms with Crippen molar-refractivity contribution >= 4 is 11.8 Å². The fourth-order valence-corrected chi connectivity index (χ4v) is 3.05. The number of carbonyl (C=O) groups excluding carboxylic acids is 2. The summed E-state index contributed by atoms with van der Waals surface area (Å²) in [4.78, 5) is 24.2. The topological polar surface area (TPSA) is 76.7 Å². The van der Waals surface area contributed by atoms with Gasteiger partial charge >= 0.3 is 0 Å². The van der Waals surface area contributed by atoms with Crippen LogP contribution in [0.1, 0.15) is 34.3 Å². The molecule has 0 spiro atoms. The van der Waals surface area contributed by atoms with Gasteiger partial charge < -0.3 is 20.1 Å². The second-order valence-electron chi connectivity index (χ2n) is 7.24. The summed E-state index contributed by atoms with van der Waals surface area (Å²) in [6.07, 6.45) is 0.907. The maximum Gasteiger partial charge on any atom is 0.255 e. The van der Waals surface area contributed by atoms with Gasteiger partial charge in [0, 0.05) is 20.0 Å². The van der Waals surface area contributed by atoms with Gasteiger partial charge in [0.15, 0.2) is 0 Å². The van der Waals surface area contributed by atoms with Crippen molar-refractivity contribution in [1.29, 1.82) is 0 Å². The quantitative estimate of drug-likeness (QED) is 0.447. The summed E-state index contributed by atoms with van der Waals surface area (Å²) in [5.41, 5.74) is 2.44. The molecule has 3 rings (SSSR count). The zero-order valence-electron chi connectivity index (χ0n) is 18.2. The van der Waals surface area contributed by atoms with Gasteiger partial charge in [-0.2, -0.15) is 0 Å². The summed E-state index contributed by atoms with van der Waals surface area (Å²) in [5, 5.41) is 5.44. The lowest BCUT2D eigenvalue weighted by molar-refractivity contribution is -0.120. The molecular formula is C26H28N2O4. The minimum absolute atomic E-state index is 0.0533. The molecule has 0 saturated heterocycles. The zero-order valence-corrected chi connectivity index (χ0v) is 18.2. The maximum atomic E-state index is 12.9. The molecule has 0 bridgehead atoms. The van der Waals surface area contributed by atoms with Gasteiger partial charge in [0.25, 0.3) is 5.91 Å². The van der Waals surface area contributed by atoms with Crippen LogP contribution in [0.2, 0.25) is 0 Å². The van der Waals surface area contributed by atoms with E-state index in [9.17, 15) is 9.59 Å². The van der Waals surface area contributed by atoms with Crippen LogP contribution >= 0.6 is 0 Å². The first-order valence-electron chi connectivity index (χ1n) is 10.6. The van der Waals surface area contributed by atoms with E-state index < -0.39 is 0 Å². The molecule has 0 atom stereocenters. The van der Waals surface area contributed by atoms with Crippen LogP contribution in [0.25, 0.3) is 0 Å². The number of hydrogen-bond donors (Lipinski definition) is 2. The van der Waals surface area contributed by atoms with Crippen LogP contribution in [-0.4, -0.2) is 25.4 Å². The molecule has 0 aliphatic heterocycles. The van der Waals surface area contributed by atoms with Crippen molar-refractivity contribution < 1.29 is 19.1 Å². The smallest absolute Gasteiger partial charge is 0.255 e. The average Bonchev–Trinajstić information content (AvgIpc) is 2.85. The number of nitrogens with one attached hydrogen (secondary N) is 2. The predicted molar refractivity (Wildman–Crippen MR) is 124 cm³/mol. The number of benzene rings is 3. The van der Waals surface area contributed by atoms with E-state index in [-0.39, 0.29) is 11.8 Å². The molecule has 0 aliphatic carbocycles. The van der Waals surface area contributed by atoms with Gasteiger partial charge in [-0.3, -0.25) is 9.59 Å².